The molecule has 0 radical (unpaired) electrons. The van der Waals surface area contributed by atoms with E-state index in [4.69, 9.17) is 23.2 Å². The van der Waals surface area contributed by atoms with E-state index >= 15 is 0 Å². The molecule has 0 aliphatic rings. The van der Waals surface area contributed by atoms with Gasteiger partial charge in [-0.05, 0) is 0 Å². The second-order valence-corrected chi connectivity index (χ2v) is 1.70. The summed E-state index contributed by atoms with van der Waals surface area (Å²) in [7, 11) is 0. The molecule has 0 unspecified atom stereocenters. The van der Waals surface area contributed by atoms with Crippen molar-refractivity contribution in [1.82, 2.24) is 0 Å². The summed E-state index contributed by atoms with van der Waals surface area (Å²) >= 11 is 10.2. The third kappa shape index (κ3) is 40.4. The molecule has 0 fully saturated rings. The number of halogens is 2. The predicted molar refractivity (Wildman–Crippen MR) is 40.5 cm³/mol. The molecule has 0 heterocycles. The zero-order valence-electron chi connectivity index (χ0n) is 4.58. The molecular formula is C6H8Cl2. The van der Waals surface area contributed by atoms with Crippen LogP contribution < -0.4 is 0 Å². The molecule has 8 heavy (non-hydrogen) atoms. The lowest BCUT2D eigenvalue weighted by Gasteiger charge is -1.73. The number of rotatable bonds is 1. The number of allylic oxidation sites excluding steroid dienone is 1. The van der Waals surface area contributed by atoms with E-state index in [0.29, 0.717) is 10.9 Å². The van der Waals surface area contributed by atoms with Crippen LogP contribution >= 0.6 is 23.2 Å². The summed E-state index contributed by atoms with van der Waals surface area (Å²) in [4.78, 5) is 0. The Morgan fingerprint density at radius 2 is 1.62 bits per heavy atom. The van der Waals surface area contributed by atoms with E-state index in [1.54, 1.807) is 0 Å². The van der Waals surface area contributed by atoms with Gasteiger partial charge in [0, 0.05) is 5.03 Å². The Morgan fingerprint density at radius 3 is 1.62 bits per heavy atom. The highest BCUT2D eigenvalue weighted by Crippen LogP contribution is 1.96. The van der Waals surface area contributed by atoms with Crippen LogP contribution in [0.3, 0.4) is 0 Å². The van der Waals surface area contributed by atoms with Crippen LogP contribution in [0, 0.1) is 0 Å². The fourth-order valence-corrected chi connectivity index (χ4v) is 0. The molecule has 0 amide bonds. The second-order valence-electron chi connectivity index (χ2n) is 0.901. The number of hydrogen-bond acceptors (Lipinski definition) is 0. The summed E-state index contributed by atoms with van der Waals surface area (Å²) in [6.45, 7) is 9.56. The van der Waals surface area contributed by atoms with E-state index in [2.05, 4.69) is 25.5 Å². The largest absolute Gasteiger partial charge is 0.137 e. The van der Waals surface area contributed by atoms with Crippen molar-refractivity contribution in [3.05, 3.63) is 30.5 Å². The number of alkyl halides is 1. The van der Waals surface area contributed by atoms with Gasteiger partial charge in [0.05, 0.1) is 5.88 Å². The molecule has 0 aromatic carbocycles. The van der Waals surface area contributed by atoms with E-state index in [1.807, 2.05) is 0 Å². The van der Waals surface area contributed by atoms with Crippen molar-refractivity contribution >= 4 is 23.2 Å². The minimum Gasteiger partial charge on any atom is -0.137 e. The van der Waals surface area contributed by atoms with Crippen molar-refractivity contribution in [3.63, 3.8) is 0 Å². The Kier molecular flexibility index (Phi) is 13.4. The minimum absolute atomic E-state index is 0.349. The highest BCUT2D eigenvalue weighted by molar-refractivity contribution is 6.35. The standard InChI is InChI=1S/C3H4Cl2.C3H4/c1-3(5)2-4;1-3-2/h1-2H2;1-2H2. The molecule has 46 valence electrons. The maximum absolute atomic E-state index is 5.14. The Morgan fingerprint density at radius 1 is 1.50 bits per heavy atom. The average molecular weight is 151 g/mol. The summed E-state index contributed by atoms with van der Waals surface area (Å²) in [6.07, 6.45) is 0. The summed E-state index contributed by atoms with van der Waals surface area (Å²) in [5.41, 5.74) is 2.25. The van der Waals surface area contributed by atoms with Crippen molar-refractivity contribution in [3.8, 4) is 0 Å². The van der Waals surface area contributed by atoms with Crippen molar-refractivity contribution in [1.29, 1.82) is 0 Å². The highest BCUT2D eigenvalue weighted by atomic mass is 35.5. The van der Waals surface area contributed by atoms with Crippen LogP contribution in [0.25, 0.3) is 0 Å². The first-order chi connectivity index (χ1) is 3.68. The van der Waals surface area contributed by atoms with Crippen LogP contribution in [-0.2, 0) is 0 Å². The molecule has 0 N–H and O–H groups in total. The summed E-state index contributed by atoms with van der Waals surface area (Å²) in [5.74, 6) is 0.349. The first kappa shape index (κ1) is 10.8. The molecule has 0 aliphatic carbocycles. The molecule has 0 saturated heterocycles. The van der Waals surface area contributed by atoms with Gasteiger partial charge in [-0.25, -0.2) is 0 Å². The molecule has 0 aliphatic heterocycles. The molecule has 0 aromatic rings. The fraction of sp³-hybridized carbons (Fsp3) is 0.167. The monoisotopic (exact) mass is 150 g/mol. The molecule has 0 bridgehead atoms. The van der Waals surface area contributed by atoms with E-state index in [1.165, 1.54) is 0 Å². The van der Waals surface area contributed by atoms with Gasteiger partial charge in [-0.2, -0.15) is 0 Å². The van der Waals surface area contributed by atoms with Crippen molar-refractivity contribution in [2.75, 3.05) is 5.88 Å². The normalized spacial score (nSPS) is 5.75. The van der Waals surface area contributed by atoms with Crippen LogP contribution in [0.1, 0.15) is 0 Å². The quantitative estimate of drug-likeness (QED) is 0.399. The van der Waals surface area contributed by atoms with Crippen LogP contribution in [0.4, 0.5) is 0 Å². The van der Waals surface area contributed by atoms with E-state index in [9.17, 15) is 0 Å². The van der Waals surface area contributed by atoms with E-state index in [-0.39, 0.29) is 0 Å². The van der Waals surface area contributed by atoms with Gasteiger partial charge in [-0.15, -0.1) is 17.3 Å². The lowest BCUT2D eigenvalue weighted by atomic mass is 10.8. The maximum Gasteiger partial charge on any atom is 0.0575 e. The van der Waals surface area contributed by atoms with Crippen LogP contribution in [0.5, 0.6) is 0 Å². The predicted octanol–water partition coefficient (Wildman–Crippen LogP) is 2.94. The smallest absolute Gasteiger partial charge is 0.0575 e. The maximum atomic E-state index is 5.14. The number of hydrogen-bond donors (Lipinski definition) is 0. The van der Waals surface area contributed by atoms with Gasteiger partial charge in [-0.3, -0.25) is 0 Å². The Labute approximate surface area is 60.1 Å². The lowest BCUT2D eigenvalue weighted by Crippen LogP contribution is -1.60. The van der Waals surface area contributed by atoms with Crippen LogP contribution in [-0.4, -0.2) is 5.88 Å². The Balaban J connectivity index is 0. The Bertz CT molecular complexity index is 88.7. The molecule has 0 atom stereocenters. The Hall–Kier alpha value is -0.160. The van der Waals surface area contributed by atoms with Gasteiger partial charge in [0.2, 0.25) is 0 Å². The lowest BCUT2D eigenvalue weighted by molar-refractivity contribution is 1.72. The molecule has 0 aromatic heterocycles. The van der Waals surface area contributed by atoms with Gasteiger partial charge >= 0.3 is 0 Å². The summed E-state index contributed by atoms with van der Waals surface area (Å²) in [5, 5.41) is 0.492. The van der Waals surface area contributed by atoms with Gasteiger partial charge in [0.1, 0.15) is 0 Å². The first-order valence-electron chi connectivity index (χ1n) is 1.87. The molecule has 0 nitrogen and oxygen atoms in total. The molecule has 0 spiro atoms. The first-order valence-corrected chi connectivity index (χ1v) is 2.78. The molecule has 2 heteroatoms. The average Bonchev–Trinajstić information content (AvgIpc) is 1.69. The SMILES string of the molecule is C=C(Cl)CCl.C=C=C. The van der Waals surface area contributed by atoms with Gasteiger partial charge in [-0.1, -0.05) is 31.3 Å². The third-order valence-electron chi connectivity index (χ3n) is 0.145. The van der Waals surface area contributed by atoms with E-state index in [0.717, 1.165) is 0 Å². The summed E-state index contributed by atoms with van der Waals surface area (Å²) < 4.78 is 0. The van der Waals surface area contributed by atoms with Crippen molar-refractivity contribution in [2.45, 2.75) is 0 Å². The van der Waals surface area contributed by atoms with Crippen molar-refractivity contribution in [2.24, 2.45) is 0 Å². The summed E-state index contributed by atoms with van der Waals surface area (Å²) in [6, 6.07) is 0. The zero-order chi connectivity index (χ0) is 6.99. The van der Waals surface area contributed by atoms with Crippen LogP contribution in [0.2, 0.25) is 0 Å². The minimum atomic E-state index is 0.349. The highest BCUT2D eigenvalue weighted by Gasteiger charge is 1.73. The molecular weight excluding hydrogens is 143 g/mol. The van der Waals surface area contributed by atoms with Crippen LogP contribution in [0.15, 0.2) is 30.5 Å². The van der Waals surface area contributed by atoms with Gasteiger partial charge in [0.15, 0.2) is 0 Å². The topological polar surface area (TPSA) is 0 Å². The molecule has 0 saturated carbocycles. The van der Waals surface area contributed by atoms with E-state index < -0.39 is 0 Å². The molecule has 0 rings (SSSR count). The zero-order valence-corrected chi connectivity index (χ0v) is 6.10. The fourth-order valence-electron chi connectivity index (χ4n) is 0. The van der Waals surface area contributed by atoms with Gasteiger partial charge < -0.3 is 0 Å². The van der Waals surface area contributed by atoms with Gasteiger partial charge in [0.25, 0.3) is 0 Å². The third-order valence-corrected chi connectivity index (χ3v) is 0.738. The van der Waals surface area contributed by atoms with Crippen molar-refractivity contribution < 1.29 is 0 Å². The second kappa shape index (κ2) is 9.96.